The summed E-state index contributed by atoms with van der Waals surface area (Å²) < 4.78 is 0. The lowest BCUT2D eigenvalue weighted by Crippen LogP contribution is -2.62. The van der Waals surface area contributed by atoms with Gasteiger partial charge in [-0.05, 0) is 43.9 Å². The molecule has 1 aliphatic heterocycles. The molecule has 0 bridgehead atoms. The summed E-state index contributed by atoms with van der Waals surface area (Å²) in [7, 11) is 0. The second-order valence-corrected chi connectivity index (χ2v) is 7.54. The van der Waals surface area contributed by atoms with Gasteiger partial charge in [-0.15, -0.1) is 0 Å². The van der Waals surface area contributed by atoms with Crippen LogP contribution in [0.4, 0.5) is 0 Å². The van der Waals surface area contributed by atoms with Gasteiger partial charge in [0.2, 0.25) is 0 Å². The summed E-state index contributed by atoms with van der Waals surface area (Å²) in [5, 5.41) is 0. The topological polar surface area (TPSA) is 32.5 Å². The van der Waals surface area contributed by atoms with E-state index in [2.05, 4.69) is 23.6 Å². The summed E-state index contributed by atoms with van der Waals surface area (Å²) in [5.74, 6) is 1.68. The van der Waals surface area contributed by atoms with E-state index >= 15 is 0 Å². The van der Waals surface area contributed by atoms with Gasteiger partial charge in [0.1, 0.15) is 0 Å². The Morgan fingerprint density at radius 2 is 1.58 bits per heavy atom. The van der Waals surface area contributed by atoms with Gasteiger partial charge in [-0.3, -0.25) is 9.80 Å². The normalized spacial score (nSPS) is 42.5. The molecule has 1 heterocycles. The monoisotopic (exact) mass is 265 g/mol. The van der Waals surface area contributed by atoms with Gasteiger partial charge in [0.25, 0.3) is 0 Å². The third-order valence-electron chi connectivity index (χ3n) is 5.69. The van der Waals surface area contributed by atoms with Crippen molar-refractivity contribution in [3.8, 4) is 0 Å². The summed E-state index contributed by atoms with van der Waals surface area (Å²) in [6.07, 6.45) is 6.91. The molecule has 0 amide bonds. The molecular weight excluding hydrogens is 234 g/mol. The number of nitrogens with two attached hydrogens (primary N) is 1. The zero-order valence-corrected chi connectivity index (χ0v) is 12.8. The van der Waals surface area contributed by atoms with Gasteiger partial charge in [-0.25, -0.2) is 0 Å². The third-order valence-corrected chi connectivity index (χ3v) is 5.69. The summed E-state index contributed by atoms with van der Waals surface area (Å²) in [5.41, 5.74) is 6.56. The van der Waals surface area contributed by atoms with Gasteiger partial charge in [0, 0.05) is 44.3 Å². The first-order chi connectivity index (χ1) is 9.13. The minimum atomic E-state index is 0.312. The van der Waals surface area contributed by atoms with Crippen LogP contribution in [0.3, 0.4) is 0 Å². The highest BCUT2D eigenvalue weighted by atomic mass is 15.3. The van der Waals surface area contributed by atoms with Crippen LogP contribution < -0.4 is 5.73 Å². The Hall–Kier alpha value is -0.120. The van der Waals surface area contributed by atoms with E-state index < -0.39 is 0 Å². The molecule has 3 aliphatic rings. The van der Waals surface area contributed by atoms with E-state index in [-0.39, 0.29) is 0 Å². The average Bonchev–Trinajstić information content (AvgIpc) is 3.22. The predicted octanol–water partition coefficient (Wildman–Crippen LogP) is 1.92. The Kier molecular flexibility index (Phi) is 3.89. The van der Waals surface area contributed by atoms with E-state index in [9.17, 15) is 0 Å². The molecule has 3 fully saturated rings. The predicted molar refractivity (Wildman–Crippen MR) is 80.1 cm³/mol. The molecule has 0 aromatic rings. The van der Waals surface area contributed by atoms with E-state index in [0.717, 1.165) is 24.4 Å². The molecule has 0 aromatic carbocycles. The molecular formula is C16H31N3. The fourth-order valence-electron chi connectivity index (χ4n) is 4.79. The average molecular weight is 265 g/mol. The molecule has 1 saturated heterocycles. The van der Waals surface area contributed by atoms with Crippen molar-refractivity contribution in [3.05, 3.63) is 0 Å². The molecule has 3 nitrogen and oxygen atoms in total. The van der Waals surface area contributed by atoms with Crippen LogP contribution in [-0.2, 0) is 0 Å². The Morgan fingerprint density at radius 3 is 2.05 bits per heavy atom. The minimum Gasteiger partial charge on any atom is -0.329 e. The SMILES string of the molecule is CC1CC(C)CC(CN)(N2CCN(C3CC3)CC2)C1. The Labute approximate surface area is 118 Å². The van der Waals surface area contributed by atoms with Crippen molar-refractivity contribution >= 4 is 0 Å². The first-order valence-electron chi connectivity index (χ1n) is 8.32. The number of hydrogen-bond donors (Lipinski definition) is 1. The Bertz CT molecular complexity index is 295. The lowest BCUT2D eigenvalue weighted by Gasteiger charge is -2.52. The van der Waals surface area contributed by atoms with Crippen molar-refractivity contribution in [3.63, 3.8) is 0 Å². The number of piperazine rings is 1. The largest absolute Gasteiger partial charge is 0.329 e. The highest BCUT2D eigenvalue weighted by Crippen LogP contribution is 2.40. The van der Waals surface area contributed by atoms with E-state index in [0.29, 0.717) is 5.54 Å². The molecule has 3 heteroatoms. The number of nitrogens with zero attached hydrogens (tertiary/aromatic N) is 2. The lowest BCUT2D eigenvalue weighted by molar-refractivity contribution is -0.0142. The van der Waals surface area contributed by atoms with Crippen LogP contribution in [-0.4, -0.2) is 54.1 Å². The van der Waals surface area contributed by atoms with Crippen molar-refractivity contribution in [2.24, 2.45) is 17.6 Å². The first kappa shape index (κ1) is 13.8. The third kappa shape index (κ3) is 2.84. The maximum Gasteiger partial charge on any atom is 0.0337 e. The van der Waals surface area contributed by atoms with Crippen LogP contribution in [0.25, 0.3) is 0 Å². The van der Waals surface area contributed by atoms with E-state index in [1.165, 1.54) is 58.3 Å². The van der Waals surface area contributed by atoms with Gasteiger partial charge in [-0.2, -0.15) is 0 Å². The van der Waals surface area contributed by atoms with E-state index in [1.54, 1.807) is 0 Å². The lowest BCUT2D eigenvalue weighted by atomic mass is 9.70. The van der Waals surface area contributed by atoms with Crippen LogP contribution in [0, 0.1) is 11.8 Å². The fraction of sp³-hybridized carbons (Fsp3) is 1.00. The Morgan fingerprint density at radius 1 is 1.00 bits per heavy atom. The molecule has 110 valence electrons. The van der Waals surface area contributed by atoms with Gasteiger partial charge in [0.05, 0.1) is 0 Å². The van der Waals surface area contributed by atoms with Gasteiger partial charge < -0.3 is 5.73 Å². The van der Waals surface area contributed by atoms with E-state index in [1.807, 2.05) is 0 Å². The van der Waals surface area contributed by atoms with Gasteiger partial charge in [0.15, 0.2) is 0 Å². The van der Waals surface area contributed by atoms with Gasteiger partial charge >= 0.3 is 0 Å². The van der Waals surface area contributed by atoms with Crippen LogP contribution in [0.5, 0.6) is 0 Å². The highest BCUT2D eigenvalue weighted by molar-refractivity contribution is 5.00. The van der Waals surface area contributed by atoms with Crippen molar-refractivity contribution in [1.29, 1.82) is 0 Å². The van der Waals surface area contributed by atoms with E-state index in [4.69, 9.17) is 5.73 Å². The number of hydrogen-bond acceptors (Lipinski definition) is 3. The molecule has 0 aromatic heterocycles. The zero-order valence-electron chi connectivity index (χ0n) is 12.8. The second-order valence-electron chi connectivity index (χ2n) is 7.54. The number of rotatable bonds is 3. The van der Waals surface area contributed by atoms with Crippen molar-refractivity contribution in [2.75, 3.05) is 32.7 Å². The van der Waals surface area contributed by atoms with Crippen LogP contribution in [0.1, 0.15) is 46.0 Å². The standard InChI is InChI=1S/C16H31N3/c1-13-9-14(2)11-16(10-13,12-17)19-7-5-18(6-8-19)15-3-4-15/h13-15H,3-12,17H2,1-2H3. The van der Waals surface area contributed by atoms with Crippen LogP contribution in [0.15, 0.2) is 0 Å². The maximum atomic E-state index is 6.25. The quantitative estimate of drug-likeness (QED) is 0.846. The fourth-order valence-corrected chi connectivity index (χ4v) is 4.79. The Balaban J connectivity index is 1.64. The molecule has 3 rings (SSSR count). The summed E-state index contributed by atoms with van der Waals surface area (Å²) >= 11 is 0. The molecule has 2 aliphatic carbocycles. The maximum absolute atomic E-state index is 6.25. The molecule has 19 heavy (non-hydrogen) atoms. The highest BCUT2D eigenvalue weighted by Gasteiger charge is 2.43. The summed E-state index contributed by atoms with van der Waals surface area (Å²) in [6, 6.07) is 0.931. The summed E-state index contributed by atoms with van der Waals surface area (Å²) in [4.78, 5) is 5.45. The molecule has 2 atom stereocenters. The van der Waals surface area contributed by atoms with Crippen molar-refractivity contribution < 1.29 is 0 Å². The van der Waals surface area contributed by atoms with Crippen molar-refractivity contribution in [1.82, 2.24) is 9.80 Å². The molecule has 0 radical (unpaired) electrons. The first-order valence-corrected chi connectivity index (χ1v) is 8.32. The molecule has 0 spiro atoms. The molecule has 2 unspecified atom stereocenters. The van der Waals surface area contributed by atoms with Crippen LogP contribution >= 0.6 is 0 Å². The van der Waals surface area contributed by atoms with Crippen molar-refractivity contribution in [2.45, 2.75) is 57.5 Å². The van der Waals surface area contributed by atoms with Crippen LogP contribution in [0.2, 0.25) is 0 Å². The zero-order chi connectivity index (χ0) is 13.5. The minimum absolute atomic E-state index is 0.312. The second kappa shape index (κ2) is 5.34. The smallest absolute Gasteiger partial charge is 0.0337 e. The summed E-state index contributed by atoms with van der Waals surface area (Å²) in [6.45, 7) is 10.7. The molecule has 2 saturated carbocycles. The molecule has 2 N–H and O–H groups in total. The van der Waals surface area contributed by atoms with Gasteiger partial charge in [-0.1, -0.05) is 13.8 Å².